The van der Waals surface area contributed by atoms with Crippen molar-refractivity contribution in [3.05, 3.63) is 48.0 Å². The molecule has 2 heteroatoms. The molecule has 2 aromatic rings. The van der Waals surface area contributed by atoms with Gasteiger partial charge in [-0.05, 0) is 54.3 Å². The maximum absolute atomic E-state index is 6.34. The molecule has 2 unspecified atom stereocenters. The van der Waals surface area contributed by atoms with E-state index >= 15 is 0 Å². The number of hydrogen-bond acceptors (Lipinski definition) is 2. The molecule has 0 saturated carbocycles. The van der Waals surface area contributed by atoms with Crippen molar-refractivity contribution in [3.8, 4) is 0 Å². The highest BCUT2D eigenvalue weighted by molar-refractivity contribution is 5.83. The van der Waals surface area contributed by atoms with Crippen LogP contribution < -0.4 is 11.1 Å². The Balaban J connectivity index is 1.80. The van der Waals surface area contributed by atoms with E-state index in [2.05, 4.69) is 47.8 Å². The van der Waals surface area contributed by atoms with Crippen molar-refractivity contribution < 1.29 is 0 Å². The lowest BCUT2D eigenvalue weighted by atomic mass is 9.93. The zero-order valence-corrected chi connectivity index (χ0v) is 10.6. The number of fused-ring (bicyclic) bond motifs is 1. The number of hydrogen-bond donors (Lipinski definition) is 2. The summed E-state index contributed by atoms with van der Waals surface area (Å²) < 4.78 is 0. The van der Waals surface area contributed by atoms with Gasteiger partial charge in [-0.1, -0.05) is 36.4 Å². The molecule has 1 fully saturated rings. The monoisotopic (exact) mass is 240 g/mol. The summed E-state index contributed by atoms with van der Waals surface area (Å²) in [7, 11) is 0. The van der Waals surface area contributed by atoms with Crippen LogP contribution in [0, 0.1) is 5.92 Å². The molecule has 2 atom stereocenters. The lowest BCUT2D eigenvalue weighted by molar-refractivity contribution is 0.473. The topological polar surface area (TPSA) is 38.0 Å². The Morgan fingerprint density at radius 2 is 2.00 bits per heavy atom. The first-order chi connectivity index (χ1) is 8.83. The molecule has 0 radical (unpaired) electrons. The summed E-state index contributed by atoms with van der Waals surface area (Å²) in [5, 5.41) is 5.98. The average molecular weight is 240 g/mol. The van der Waals surface area contributed by atoms with Crippen molar-refractivity contribution >= 4 is 10.8 Å². The molecule has 94 valence electrons. The molecule has 18 heavy (non-hydrogen) atoms. The lowest BCUT2D eigenvalue weighted by Crippen LogP contribution is -2.17. The Morgan fingerprint density at radius 3 is 2.78 bits per heavy atom. The van der Waals surface area contributed by atoms with E-state index < -0.39 is 0 Å². The highest BCUT2D eigenvalue weighted by Gasteiger charge is 2.18. The van der Waals surface area contributed by atoms with Crippen molar-refractivity contribution in [3.63, 3.8) is 0 Å². The van der Waals surface area contributed by atoms with Gasteiger partial charge in [0.25, 0.3) is 0 Å². The van der Waals surface area contributed by atoms with Gasteiger partial charge in [-0.2, -0.15) is 0 Å². The van der Waals surface area contributed by atoms with Crippen LogP contribution in [0.2, 0.25) is 0 Å². The van der Waals surface area contributed by atoms with Crippen LogP contribution in [0.5, 0.6) is 0 Å². The first-order valence-electron chi connectivity index (χ1n) is 6.78. The predicted molar refractivity (Wildman–Crippen MR) is 76.5 cm³/mol. The van der Waals surface area contributed by atoms with E-state index in [-0.39, 0.29) is 6.04 Å². The van der Waals surface area contributed by atoms with E-state index in [4.69, 9.17) is 5.73 Å². The minimum Gasteiger partial charge on any atom is -0.324 e. The number of nitrogens with one attached hydrogen (secondary N) is 1. The highest BCUT2D eigenvalue weighted by atomic mass is 14.9. The zero-order valence-electron chi connectivity index (χ0n) is 10.6. The number of benzene rings is 2. The summed E-state index contributed by atoms with van der Waals surface area (Å²) in [6, 6.07) is 15.2. The Morgan fingerprint density at radius 1 is 1.17 bits per heavy atom. The second kappa shape index (κ2) is 5.09. The van der Waals surface area contributed by atoms with Gasteiger partial charge in [0.15, 0.2) is 0 Å². The van der Waals surface area contributed by atoms with Gasteiger partial charge in [-0.3, -0.25) is 0 Å². The molecule has 1 saturated heterocycles. The van der Waals surface area contributed by atoms with E-state index in [1.165, 1.54) is 22.8 Å². The van der Waals surface area contributed by atoms with Gasteiger partial charge in [0.05, 0.1) is 0 Å². The zero-order chi connectivity index (χ0) is 12.4. The van der Waals surface area contributed by atoms with Crippen molar-refractivity contribution in [2.24, 2.45) is 11.7 Å². The fourth-order valence-corrected chi connectivity index (χ4v) is 2.85. The number of nitrogens with two attached hydrogens (primary N) is 1. The molecular formula is C16H20N2. The molecule has 0 amide bonds. The molecule has 0 spiro atoms. The fraction of sp³-hybridized carbons (Fsp3) is 0.375. The van der Waals surface area contributed by atoms with E-state index in [0.29, 0.717) is 0 Å². The van der Waals surface area contributed by atoms with Crippen molar-refractivity contribution in [1.82, 2.24) is 5.32 Å². The van der Waals surface area contributed by atoms with Crippen LogP contribution in [0.25, 0.3) is 10.8 Å². The third-order valence-electron chi connectivity index (χ3n) is 3.95. The third-order valence-corrected chi connectivity index (χ3v) is 3.95. The average Bonchev–Trinajstić information content (AvgIpc) is 2.91. The first-order valence-corrected chi connectivity index (χ1v) is 6.78. The van der Waals surface area contributed by atoms with E-state index in [0.717, 1.165) is 25.4 Å². The lowest BCUT2D eigenvalue weighted by Gasteiger charge is -2.16. The summed E-state index contributed by atoms with van der Waals surface area (Å²) in [4.78, 5) is 0. The van der Waals surface area contributed by atoms with Crippen LogP contribution in [0.4, 0.5) is 0 Å². The molecule has 3 rings (SSSR count). The highest BCUT2D eigenvalue weighted by Crippen LogP contribution is 2.25. The summed E-state index contributed by atoms with van der Waals surface area (Å²) in [6.45, 7) is 2.27. The molecular weight excluding hydrogens is 220 g/mol. The van der Waals surface area contributed by atoms with Crippen molar-refractivity contribution in [2.45, 2.75) is 18.9 Å². The van der Waals surface area contributed by atoms with Gasteiger partial charge >= 0.3 is 0 Å². The Kier molecular flexibility index (Phi) is 3.31. The van der Waals surface area contributed by atoms with E-state index in [1.807, 2.05) is 0 Å². The summed E-state index contributed by atoms with van der Waals surface area (Å²) in [6.07, 6.45) is 2.35. The van der Waals surface area contributed by atoms with Gasteiger partial charge in [-0.25, -0.2) is 0 Å². The smallest absolute Gasteiger partial charge is 0.0298 e. The van der Waals surface area contributed by atoms with Crippen LogP contribution in [-0.2, 0) is 0 Å². The van der Waals surface area contributed by atoms with Gasteiger partial charge in [-0.15, -0.1) is 0 Å². The maximum Gasteiger partial charge on any atom is 0.0298 e. The van der Waals surface area contributed by atoms with E-state index in [1.54, 1.807) is 0 Å². The largest absolute Gasteiger partial charge is 0.324 e. The van der Waals surface area contributed by atoms with Crippen LogP contribution >= 0.6 is 0 Å². The Hall–Kier alpha value is -1.38. The van der Waals surface area contributed by atoms with E-state index in [9.17, 15) is 0 Å². The minimum absolute atomic E-state index is 0.166. The van der Waals surface area contributed by atoms with Crippen LogP contribution in [0.3, 0.4) is 0 Å². The maximum atomic E-state index is 6.34. The second-order valence-corrected chi connectivity index (χ2v) is 5.31. The third kappa shape index (κ3) is 2.40. The normalized spacial score (nSPS) is 21.3. The molecule has 0 aromatic heterocycles. The molecule has 0 bridgehead atoms. The summed E-state index contributed by atoms with van der Waals surface area (Å²) in [5.74, 6) is 0.742. The van der Waals surface area contributed by atoms with Gasteiger partial charge in [0, 0.05) is 6.04 Å². The van der Waals surface area contributed by atoms with Crippen molar-refractivity contribution in [2.75, 3.05) is 13.1 Å². The minimum atomic E-state index is 0.166. The van der Waals surface area contributed by atoms with Crippen molar-refractivity contribution in [1.29, 1.82) is 0 Å². The SMILES string of the molecule is NC(CC1CCNC1)c1ccc2ccccc2c1. The van der Waals surface area contributed by atoms with Gasteiger partial charge in [0.1, 0.15) is 0 Å². The summed E-state index contributed by atoms with van der Waals surface area (Å²) in [5.41, 5.74) is 7.60. The molecule has 1 heterocycles. The van der Waals surface area contributed by atoms with Crippen LogP contribution in [0.15, 0.2) is 42.5 Å². The standard InChI is InChI=1S/C16H20N2/c17-16(9-12-7-8-18-11-12)15-6-5-13-3-1-2-4-14(13)10-15/h1-6,10,12,16,18H,7-9,11,17H2. The van der Waals surface area contributed by atoms with Crippen LogP contribution in [-0.4, -0.2) is 13.1 Å². The Labute approximate surface area is 108 Å². The summed E-state index contributed by atoms with van der Waals surface area (Å²) >= 11 is 0. The second-order valence-electron chi connectivity index (χ2n) is 5.31. The first kappa shape index (κ1) is 11.7. The predicted octanol–water partition coefficient (Wildman–Crippen LogP) is 2.84. The van der Waals surface area contributed by atoms with Gasteiger partial charge < -0.3 is 11.1 Å². The molecule has 2 aromatic carbocycles. The molecule has 3 N–H and O–H groups in total. The molecule has 2 nitrogen and oxygen atoms in total. The quantitative estimate of drug-likeness (QED) is 0.865. The van der Waals surface area contributed by atoms with Crippen LogP contribution in [0.1, 0.15) is 24.4 Å². The number of rotatable bonds is 3. The fourth-order valence-electron chi connectivity index (χ4n) is 2.85. The van der Waals surface area contributed by atoms with Gasteiger partial charge in [0.2, 0.25) is 0 Å². The molecule has 1 aliphatic heterocycles. The Bertz CT molecular complexity index is 529. The molecule has 0 aliphatic carbocycles. The molecule has 1 aliphatic rings.